The maximum atomic E-state index is 11.3. The Balaban J connectivity index is 2.66. The fraction of sp³-hybridized carbons (Fsp3) is 0.429. The number of carbonyl (C=O) groups is 1. The number of hydrogen-bond acceptors (Lipinski definition) is 3. The normalized spacial score (nSPS) is 11.9. The Bertz CT molecular complexity index is 628. The fourth-order valence-electron chi connectivity index (χ4n) is 2.57. The van der Waals surface area contributed by atoms with Crippen LogP contribution in [0.15, 0.2) is 18.2 Å². The Morgan fingerprint density at radius 2 is 2.11 bits per heavy atom. The number of benzene rings is 1. The molecule has 1 aromatic heterocycles. The van der Waals surface area contributed by atoms with Crippen molar-refractivity contribution in [3.63, 3.8) is 0 Å². The van der Waals surface area contributed by atoms with Crippen LogP contribution in [0.25, 0.3) is 11.0 Å². The lowest BCUT2D eigenvalue weighted by atomic mass is 9.99. The molecule has 1 amide bonds. The average Bonchev–Trinajstić information content (AvgIpc) is 2.65. The SMILES string of the molecule is CCc1nc2cc(N)ccc2n1C(C)(C)CC(N)=O. The van der Waals surface area contributed by atoms with E-state index in [2.05, 4.69) is 9.55 Å². The van der Waals surface area contributed by atoms with Crippen LogP contribution in [0.4, 0.5) is 5.69 Å². The maximum absolute atomic E-state index is 11.3. The quantitative estimate of drug-likeness (QED) is 0.822. The summed E-state index contributed by atoms with van der Waals surface area (Å²) in [6, 6.07) is 5.64. The molecule has 0 bridgehead atoms. The molecule has 0 saturated heterocycles. The van der Waals surface area contributed by atoms with Crippen LogP contribution < -0.4 is 11.5 Å². The van der Waals surface area contributed by atoms with Gasteiger partial charge in [0.1, 0.15) is 5.82 Å². The largest absolute Gasteiger partial charge is 0.399 e. The van der Waals surface area contributed by atoms with E-state index in [0.717, 1.165) is 23.3 Å². The van der Waals surface area contributed by atoms with E-state index in [1.807, 2.05) is 39.0 Å². The predicted octanol–water partition coefficient (Wildman–Crippen LogP) is 1.79. The van der Waals surface area contributed by atoms with E-state index in [1.54, 1.807) is 0 Å². The number of amides is 1. The molecule has 1 aromatic carbocycles. The van der Waals surface area contributed by atoms with Crippen molar-refractivity contribution in [3.05, 3.63) is 24.0 Å². The van der Waals surface area contributed by atoms with Gasteiger partial charge in [0.05, 0.1) is 11.0 Å². The van der Waals surface area contributed by atoms with Crippen molar-refractivity contribution < 1.29 is 4.79 Å². The van der Waals surface area contributed by atoms with Crippen molar-refractivity contribution in [1.29, 1.82) is 0 Å². The lowest BCUT2D eigenvalue weighted by Gasteiger charge is -2.28. The number of nitrogen functional groups attached to an aromatic ring is 1. The Kier molecular flexibility index (Phi) is 3.22. The van der Waals surface area contributed by atoms with E-state index < -0.39 is 5.54 Å². The Morgan fingerprint density at radius 3 is 2.68 bits per heavy atom. The molecule has 0 saturated carbocycles. The summed E-state index contributed by atoms with van der Waals surface area (Å²) in [4.78, 5) is 15.9. The van der Waals surface area contributed by atoms with Crippen molar-refractivity contribution in [2.24, 2.45) is 5.73 Å². The van der Waals surface area contributed by atoms with Gasteiger partial charge in [-0.1, -0.05) is 6.92 Å². The molecule has 2 rings (SSSR count). The van der Waals surface area contributed by atoms with E-state index in [0.29, 0.717) is 5.69 Å². The highest BCUT2D eigenvalue weighted by Crippen LogP contribution is 2.29. The van der Waals surface area contributed by atoms with Gasteiger partial charge in [-0.15, -0.1) is 0 Å². The van der Waals surface area contributed by atoms with E-state index in [-0.39, 0.29) is 12.3 Å². The molecule has 5 heteroatoms. The minimum atomic E-state index is -0.401. The van der Waals surface area contributed by atoms with Crippen LogP contribution in [0.3, 0.4) is 0 Å². The molecule has 0 aliphatic rings. The van der Waals surface area contributed by atoms with Gasteiger partial charge >= 0.3 is 0 Å². The van der Waals surface area contributed by atoms with Gasteiger partial charge in [0, 0.05) is 24.1 Å². The first kappa shape index (κ1) is 13.4. The molecule has 2 aromatic rings. The monoisotopic (exact) mass is 260 g/mol. The summed E-state index contributed by atoms with van der Waals surface area (Å²) < 4.78 is 2.09. The summed E-state index contributed by atoms with van der Waals surface area (Å²) in [5.41, 5.74) is 13.3. The second-order valence-electron chi connectivity index (χ2n) is 5.42. The second kappa shape index (κ2) is 4.57. The van der Waals surface area contributed by atoms with Crippen molar-refractivity contribution >= 4 is 22.6 Å². The van der Waals surface area contributed by atoms with Gasteiger partial charge in [-0.3, -0.25) is 4.79 Å². The number of hydrogen-bond donors (Lipinski definition) is 2. The minimum Gasteiger partial charge on any atom is -0.399 e. The third kappa shape index (κ3) is 2.41. The highest BCUT2D eigenvalue weighted by molar-refractivity contribution is 5.81. The molecular weight excluding hydrogens is 240 g/mol. The average molecular weight is 260 g/mol. The van der Waals surface area contributed by atoms with E-state index in [4.69, 9.17) is 11.5 Å². The van der Waals surface area contributed by atoms with Crippen LogP contribution in [0.2, 0.25) is 0 Å². The predicted molar refractivity (Wildman–Crippen MR) is 76.7 cm³/mol. The first-order chi connectivity index (χ1) is 8.85. The van der Waals surface area contributed by atoms with Crippen molar-refractivity contribution in [1.82, 2.24) is 9.55 Å². The summed E-state index contributed by atoms with van der Waals surface area (Å²) in [5.74, 6) is 0.621. The van der Waals surface area contributed by atoms with Crippen LogP contribution in [0.5, 0.6) is 0 Å². The molecule has 102 valence electrons. The summed E-state index contributed by atoms with van der Waals surface area (Å²) in [5, 5.41) is 0. The number of nitrogens with two attached hydrogens (primary N) is 2. The molecule has 0 aliphatic heterocycles. The van der Waals surface area contributed by atoms with Crippen LogP contribution in [0, 0.1) is 0 Å². The number of aryl methyl sites for hydroxylation is 1. The zero-order valence-electron chi connectivity index (χ0n) is 11.6. The molecule has 4 N–H and O–H groups in total. The number of fused-ring (bicyclic) bond motifs is 1. The summed E-state index contributed by atoms with van der Waals surface area (Å²) in [6.45, 7) is 6.03. The molecule has 5 nitrogen and oxygen atoms in total. The van der Waals surface area contributed by atoms with Gasteiger partial charge in [0.25, 0.3) is 0 Å². The molecule has 0 unspecified atom stereocenters. The number of primary amides is 1. The molecular formula is C14H20N4O. The van der Waals surface area contributed by atoms with Crippen molar-refractivity contribution in [2.75, 3.05) is 5.73 Å². The second-order valence-corrected chi connectivity index (χ2v) is 5.42. The third-order valence-corrected chi connectivity index (χ3v) is 3.28. The van der Waals surface area contributed by atoms with Crippen LogP contribution >= 0.6 is 0 Å². The molecule has 0 radical (unpaired) electrons. The number of nitrogens with zero attached hydrogens (tertiary/aromatic N) is 2. The topological polar surface area (TPSA) is 86.9 Å². The van der Waals surface area contributed by atoms with Gasteiger partial charge in [0.15, 0.2) is 0 Å². The number of anilines is 1. The Labute approximate surface area is 112 Å². The van der Waals surface area contributed by atoms with Gasteiger partial charge in [-0.2, -0.15) is 0 Å². The molecule has 0 spiro atoms. The van der Waals surface area contributed by atoms with Crippen LogP contribution in [-0.4, -0.2) is 15.5 Å². The highest BCUT2D eigenvalue weighted by atomic mass is 16.1. The van der Waals surface area contributed by atoms with E-state index >= 15 is 0 Å². The van der Waals surface area contributed by atoms with E-state index in [1.165, 1.54) is 0 Å². The first-order valence-electron chi connectivity index (χ1n) is 6.41. The Hall–Kier alpha value is -2.04. The number of carbonyl (C=O) groups excluding carboxylic acids is 1. The maximum Gasteiger partial charge on any atom is 0.219 e. The molecule has 0 atom stereocenters. The number of aromatic nitrogens is 2. The van der Waals surface area contributed by atoms with Crippen molar-refractivity contribution in [3.8, 4) is 0 Å². The van der Waals surface area contributed by atoms with E-state index in [9.17, 15) is 4.79 Å². The fourth-order valence-corrected chi connectivity index (χ4v) is 2.57. The molecule has 19 heavy (non-hydrogen) atoms. The van der Waals surface area contributed by atoms with Gasteiger partial charge < -0.3 is 16.0 Å². The molecule has 0 aliphatic carbocycles. The lowest BCUT2D eigenvalue weighted by Crippen LogP contribution is -2.33. The number of imidazole rings is 1. The first-order valence-corrected chi connectivity index (χ1v) is 6.41. The van der Waals surface area contributed by atoms with Crippen molar-refractivity contribution in [2.45, 2.75) is 39.2 Å². The smallest absolute Gasteiger partial charge is 0.219 e. The summed E-state index contributed by atoms with van der Waals surface area (Å²) in [6.07, 6.45) is 1.06. The third-order valence-electron chi connectivity index (χ3n) is 3.28. The summed E-state index contributed by atoms with van der Waals surface area (Å²) >= 11 is 0. The van der Waals surface area contributed by atoms with Crippen LogP contribution in [-0.2, 0) is 16.8 Å². The summed E-state index contributed by atoms with van der Waals surface area (Å²) in [7, 11) is 0. The van der Waals surface area contributed by atoms with Crippen LogP contribution in [0.1, 0.15) is 33.0 Å². The molecule has 1 heterocycles. The lowest BCUT2D eigenvalue weighted by molar-refractivity contribution is -0.119. The zero-order chi connectivity index (χ0) is 14.2. The van der Waals surface area contributed by atoms with Gasteiger partial charge in [-0.05, 0) is 32.0 Å². The number of rotatable bonds is 4. The standard InChI is InChI=1S/C14H20N4O/c1-4-13-17-10-7-9(15)5-6-11(10)18(13)14(2,3)8-12(16)19/h5-7H,4,8,15H2,1-3H3,(H2,16,19). The molecule has 0 fully saturated rings. The zero-order valence-corrected chi connectivity index (χ0v) is 11.6. The highest BCUT2D eigenvalue weighted by Gasteiger charge is 2.27. The minimum absolute atomic E-state index is 0.274. The van der Waals surface area contributed by atoms with Gasteiger partial charge in [-0.25, -0.2) is 4.98 Å². The Morgan fingerprint density at radius 1 is 1.42 bits per heavy atom. The van der Waals surface area contributed by atoms with Gasteiger partial charge in [0.2, 0.25) is 5.91 Å².